The van der Waals surface area contributed by atoms with Gasteiger partial charge in [0.15, 0.2) is 11.5 Å². The first-order valence-electron chi connectivity index (χ1n) is 9.12. The number of piperidine rings is 1. The lowest BCUT2D eigenvalue weighted by molar-refractivity contribution is -0.124. The van der Waals surface area contributed by atoms with Gasteiger partial charge in [0.05, 0.1) is 6.04 Å². The van der Waals surface area contributed by atoms with Crippen LogP contribution >= 0.6 is 0 Å². The molecule has 1 amide bonds. The average molecular weight is 330 g/mol. The van der Waals surface area contributed by atoms with Crippen molar-refractivity contribution >= 4 is 5.91 Å². The summed E-state index contributed by atoms with van der Waals surface area (Å²) < 4.78 is 11.2. The number of ether oxygens (including phenoxy) is 2. The van der Waals surface area contributed by atoms with Gasteiger partial charge >= 0.3 is 0 Å². The van der Waals surface area contributed by atoms with E-state index in [-0.39, 0.29) is 23.3 Å². The maximum Gasteiger partial charge on any atom is 0.224 e. The number of amides is 1. The second-order valence-electron chi connectivity index (χ2n) is 7.24. The molecule has 2 unspecified atom stereocenters. The molecule has 5 heteroatoms. The summed E-state index contributed by atoms with van der Waals surface area (Å²) in [6, 6.07) is 6.03. The summed E-state index contributed by atoms with van der Waals surface area (Å²) in [5.74, 6) is 2.00. The van der Waals surface area contributed by atoms with Gasteiger partial charge in [-0.25, -0.2) is 0 Å². The van der Waals surface area contributed by atoms with E-state index < -0.39 is 0 Å². The van der Waals surface area contributed by atoms with Crippen molar-refractivity contribution in [3.05, 3.63) is 23.8 Å². The summed E-state index contributed by atoms with van der Waals surface area (Å²) in [6.45, 7) is 5.37. The topological polar surface area (TPSA) is 59.6 Å². The van der Waals surface area contributed by atoms with Crippen LogP contribution in [0.1, 0.15) is 44.2 Å². The standard InChI is InChI=1S/C19H26N2O3/c1-2-15(13-3-4-16-17(11-13)24-10-9-23-16)21-18(22)14-12-19(14)5-7-20-8-6-19/h3-4,11,14-15,20H,2,5-10,12H2,1H3,(H,21,22). The fraction of sp³-hybridized carbons (Fsp3) is 0.632. The number of hydrogen-bond donors (Lipinski definition) is 2. The normalized spacial score (nSPS) is 25.1. The number of rotatable bonds is 4. The predicted molar refractivity (Wildman–Crippen MR) is 91.3 cm³/mol. The van der Waals surface area contributed by atoms with E-state index in [1.54, 1.807) is 0 Å². The highest BCUT2D eigenvalue weighted by molar-refractivity contribution is 5.83. The summed E-state index contributed by atoms with van der Waals surface area (Å²) in [5.41, 5.74) is 1.37. The van der Waals surface area contributed by atoms with Crippen molar-refractivity contribution in [1.29, 1.82) is 0 Å². The SMILES string of the molecule is CCC(NC(=O)C1CC12CCNCC2)c1ccc2c(c1)OCCO2. The minimum absolute atomic E-state index is 0.0349. The molecule has 2 atom stereocenters. The number of fused-ring (bicyclic) bond motifs is 1. The van der Waals surface area contributed by atoms with E-state index in [2.05, 4.69) is 17.6 Å². The van der Waals surface area contributed by atoms with Crippen LogP contribution in [-0.4, -0.2) is 32.2 Å². The Hall–Kier alpha value is -1.75. The summed E-state index contributed by atoms with van der Waals surface area (Å²) in [4.78, 5) is 12.7. The molecule has 1 saturated heterocycles. The van der Waals surface area contributed by atoms with Gasteiger partial charge in [0.25, 0.3) is 0 Å². The fourth-order valence-corrected chi connectivity index (χ4v) is 4.17. The highest BCUT2D eigenvalue weighted by Gasteiger charge is 2.57. The second-order valence-corrected chi connectivity index (χ2v) is 7.24. The molecule has 24 heavy (non-hydrogen) atoms. The first kappa shape index (κ1) is 15.8. The van der Waals surface area contributed by atoms with E-state index in [0.717, 1.165) is 55.8 Å². The number of benzene rings is 1. The van der Waals surface area contributed by atoms with Gasteiger partial charge in [-0.2, -0.15) is 0 Å². The molecule has 2 aliphatic heterocycles. The molecule has 4 rings (SSSR count). The van der Waals surface area contributed by atoms with Crippen LogP contribution in [0.15, 0.2) is 18.2 Å². The lowest BCUT2D eigenvalue weighted by atomic mass is 9.91. The molecule has 1 saturated carbocycles. The van der Waals surface area contributed by atoms with Crippen molar-refractivity contribution in [3.63, 3.8) is 0 Å². The molecule has 0 bridgehead atoms. The first-order valence-corrected chi connectivity index (χ1v) is 9.12. The highest BCUT2D eigenvalue weighted by Crippen LogP contribution is 2.58. The molecule has 3 aliphatic rings. The molecule has 5 nitrogen and oxygen atoms in total. The molecule has 1 aliphatic carbocycles. The van der Waals surface area contributed by atoms with Gasteiger partial charge in [-0.3, -0.25) is 4.79 Å². The third-order valence-corrected chi connectivity index (χ3v) is 5.80. The quantitative estimate of drug-likeness (QED) is 0.890. The molecule has 0 aromatic heterocycles. The second kappa shape index (κ2) is 6.28. The van der Waals surface area contributed by atoms with Crippen LogP contribution in [-0.2, 0) is 4.79 Å². The average Bonchev–Trinajstić information content (AvgIpc) is 3.32. The zero-order valence-corrected chi connectivity index (χ0v) is 14.3. The van der Waals surface area contributed by atoms with Crippen LogP contribution in [0.5, 0.6) is 11.5 Å². The Morgan fingerprint density at radius 2 is 2.04 bits per heavy atom. The van der Waals surface area contributed by atoms with Gasteiger partial charge < -0.3 is 20.1 Å². The van der Waals surface area contributed by atoms with Crippen molar-refractivity contribution in [2.45, 2.75) is 38.6 Å². The van der Waals surface area contributed by atoms with E-state index in [1.165, 1.54) is 0 Å². The smallest absolute Gasteiger partial charge is 0.224 e. The molecule has 2 fully saturated rings. The van der Waals surface area contributed by atoms with Crippen molar-refractivity contribution in [1.82, 2.24) is 10.6 Å². The van der Waals surface area contributed by atoms with Crippen LogP contribution in [0.2, 0.25) is 0 Å². The fourth-order valence-electron chi connectivity index (χ4n) is 4.17. The maximum atomic E-state index is 12.7. The molecule has 2 heterocycles. The number of carbonyl (C=O) groups is 1. The third-order valence-electron chi connectivity index (χ3n) is 5.80. The van der Waals surface area contributed by atoms with Crippen LogP contribution < -0.4 is 20.1 Å². The largest absolute Gasteiger partial charge is 0.486 e. The Kier molecular flexibility index (Phi) is 4.12. The Bertz CT molecular complexity index is 625. The zero-order chi connectivity index (χ0) is 16.6. The molecule has 130 valence electrons. The first-order chi connectivity index (χ1) is 11.7. The van der Waals surface area contributed by atoms with Crippen molar-refractivity contribution in [3.8, 4) is 11.5 Å². The van der Waals surface area contributed by atoms with E-state index in [9.17, 15) is 4.79 Å². The molecule has 1 spiro atoms. The van der Waals surface area contributed by atoms with Crippen molar-refractivity contribution in [2.75, 3.05) is 26.3 Å². The van der Waals surface area contributed by atoms with Crippen molar-refractivity contribution < 1.29 is 14.3 Å². The van der Waals surface area contributed by atoms with Crippen LogP contribution in [0.25, 0.3) is 0 Å². The van der Waals surface area contributed by atoms with Crippen LogP contribution in [0, 0.1) is 11.3 Å². The predicted octanol–water partition coefficient (Wildman–Crippen LogP) is 2.41. The Labute approximate surface area is 143 Å². The summed E-state index contributed by atoms with van der Waals surface area (Å²) in [6.07, 6.45) is 4.18. The number of hydrogen-bond acceptors (Lipinski definition) is 4. The van der Waals surface area contributed by atoms with Gasteiger partial charge in [0.1, 0.15) is 13.2 Å². The summed E-state index contributed by atoms with van der Waals surface area (Å²) in [5, 5.41) is 6.66. The molecule has 2 N–H and O–H groups in total. The van der Waals surface area contributed by atoms with Gasteiger partial charge in [0.2, 0.25) is 5.91 Å². The van der Waals surface area contributed by atoms with Crippen molar-refractivity contribution in [2.24, 2.45) is 11.3 Å². The summed E-state index contributed by atoms with van der Waals surface area (Å²) >= 11 is 0. The maximum absolute atomic E-state index is 12.7. The van der Waals surface area contributed by atoms with Crippen LogP contribution in [0.3, 0.4) is 0 Å². The minimum atomic E-state index is 0.0349. The molecular weight excluding hydrogens is 304 g/mol. The lowest BCUT2D eigenvalue weighted by Gasteiger charge is -2.25. The highest BCUT2D eigenvalue weighted by atomic mass is 16.6. The summed E-state index contributed by atoms with van der Waals surface area (Å²) in [7, 11) is 0. The zero-order valence-electron chi connectivity index (χ0n) is 14.3. The van der Waals surface area contributed by atoms with E-state index in [0.29, 0.717) is 13.2 Å². The van der Waals surface area contributed by atoms with E-state index in [1.807, 2.05) is 18.2 Å². The minimum Gasteiger partial charge on any atom is -0.486 e. The Balaban J connectivity index is 1.43. The van der Waals surface area contributed by atoms with E-state index in [4.69, 9.17) is 9.47 Å². The number of nitrogens with one attached hydrogen (secondary N) is 2. The number of carbonyl (C=O) groups excluding carboxylic acids is 1. The molecule has 1 aromatic rings. The monoisotopic (exact) mass is 330 g/mol. The van der Waals surface area contributed by atoms with Gasteiger partial charge in [-0.05, 0) is 61.9 Å². The van der Waals surface area contributed by atoms with Gasteiger partial charge in [-0.1, -0.05) is 13.0 Å². The third kappa shape index (κ3) is 2.86. The molecule has 1 aromatic carbocycles. The molecular formula is C19H26N2O3. The Morgan fingerprint density at radius 1 is 1.29 bits per heavy atom. The van der Waals surface area contributed by atoms with Gasteiger partial charge in [-0.15, -0.1) is 0 Å². The van der Waals surface area contributed by atoms with Crippen LogP contribution in [0.4, 0.5) is 0 Å². The molecule has 0 radical (unpaired) electrons. The Morgan fingerprint density at radius 3 is 2.79 bits per heavy atom. The van der Waals surface area contributed by atoms with E-state index >= 15 is 0 Å². The lowest BCUT2D eigenvalue weighted by Crippen LogP contribution is -2.35. The van der Waals surface area contributed by atoms with Gasteiger partial charge in [0, 0.05) is 5.92 Å².